The second-order valence-electron chi connectivity index (χ2n) is 3.66. The number of halogens is 1. The fourth-order valence-electron chi connectivity index (χ4n) is 2.00. The van der Waals surface area contributed by atoms with Gasteiger partial charge in [-0.3, -0.25) is 0 Å². The van der Waals surface area contributed by atoms with Gasteiger partial charge in [0.2, 0.25) is 0 Å². The molecule has 0 aliphatic rings. The average Bonchev–Trinajstić information content (AvgIpc) is 2.06. The Morgan fingerprint density at radius 1 is 0.929 bits per heavy atom. The van der Waals surface area contributed by atoms with Crippen molar-refractivity contribution in [3.05, 3.63) is 6.42 Å². The first-order chi connectivity index (χ1) is 5.74. The summed E-state index contributed by atoms with van der Waals surface area (Å²) in [4.78, 5) is 0. The monoisotopic (exact) mass is 280 g/mol. The summed E-state index contributed by atoms with van der Waals surface area (Å²) in [6, 6.07) is 3.83. The number of hydrogen-bond donors (Lipinski definition) is 0. The summed E-state index contributed by atoms with van der Waals surface area (Å²) in [6.45, 7) is 6.68. The van der Waals surface area contributed by atoms with Crippen molar-refractivity contribution in [2.75, 3.05) is 0 Å². The van der Waals surface area contributed by atoms with Gasteiger partial charge >= 0.3 is 0 Å². The molecule has 0 fully saturated rings. The van der Waals surface area contributed by atoms with Crippen molar-refractivity contribution in [2.24, 2.45) is 0 Å². The molecule has 0 aromatic heterocycles. The van der Waals surface area contributed by atoms with Gasteiger partial charge in [0.1, 0.15) is 8.07 Å². The van der Waals surface area contributed by atoms with Gasteiger partial charge in [-0.05, 0) is 24.6 Å². The van der Waals surface area contributed by atoms with Crippen LogP contribution < -0.4 is 12.4 Å². The normalized spacial score (nSPS) is 9.57. The topological polar surface area (TPSA) is 0 Å². The summed E-state index contributed by atoms with van der Waals surface area (Å²) >= 11 is 0. The van der Waals surface area contributed by atoms with Gasteiger partial charge in [0.15, 0.2) is 0 Å². The molecule has 79 valence electrons. The molecule has 0 saturated heterocycles. The maximum Gasteiger partial charge on any atom is 0.139 e. The summed E-state index contributed by atoms with van der Waals surface area (Å²) in [5.74, 6) is 0. The van der Waals surface area contributed by atoms with E-state index in [-0.39, 0.29) is 31.9 Å². The van der Waals surface area contributed by atoms with E-state index in [9.17, 15) is 0 Å². The number of hydrogen-bond acceptors (Lipinski definition) is 0. The quantitative estimate of drug-likeness (QED) is 0.499. The molecule has 0 aliphatic carbocycles. The molecule has 0 unspecified atom stereocenters. The standard InChI is InChI=1S/C11H21Si.ClH.Zn/c1-5-9-12(8-4,10-6-2)11-7-3;;/h5-7,9-11H2,1-3H3;1H;/p-1. The molecular weight excluding hydrogens is 261 g/mol. The minimum Gasteiger partial charge on any atom is -1.00 e. The molecule has 0 bridgehead atoms. The van der Waals surface area contributed by atoms with Crippen molar-refractivity contribution in [1.29, 1.82) is 0 Å². The first-order valence-electron chi connectivity index (χ1n) is 5.18. The molecule has 0 aromatic carbocycles. The molecule has 1 radical (unpaired) electrons. The van der Waals surface area contributed by atoms with E-state index < -0.39 is 8.07 Å². The van der Waals surface area contributed by atoms with Crippen LogP contribution in [0.1, 0.15) is 40.0 Å². The second-order valence-corrected chi connectivity index (χ2v) is 7.97. The first kappa shape index (κ1) is 20.1. The Bertz CT molecular complexity index is 137. The Hall–Kier alpha value is 0.690. The molecule has 0 rings (SSSR count). The zero-order valence-corrected chi connectivity index (χ0v) is 14.6. The van der Waals surface area contributed by atoms with Crippen LogP contribution in [0.2, 0.25) is 18.1 Å². The Labute approximate surface area is 110 Å². The second kappa shape index (κ2) is 11.8. The van der Waals surface area contributed by atoms with Crippen LogP contribution in [0, 0.1) is 12.0 Å². The van der Waals surface area contributed by atoms with Crippen LogP contribution in [0.4, 0.5) is 0 Å². The molecule has 3 heteroatoms. The first-order valence-corrected chi connectivity index (χ1v) is 7.80. The van der Waals surface area contributed by atoms with E-state index in [1.54, 1.807) is 0 Å². The summed E-state index contributed by atoms with van der Waals surface area (Å²) in [6.07, 6.45) is 11.1. The fraction of sp³-hybridized carbons (Fsp3) is 0.818. The predicted octanol–water partition coefficient (Wildman–Crippen LogP) is 0.796. The summed E-state index contributed by atoms with van der Waals surface area (Å²) in [7, 11) is -1.35. The van der Waals surface area contributed by atoms with Crippen molar-refractivity contribution in [3.63, 3.8) is 0 Å². The molecule has 14 heavy (non-hydrogen) atoms. The van der Waals surface area contributed by atoms with Crippen molar-refractivity contribution in [2.45, 2.75) is 58.2 Å². The van der Waals surface area contributed by atoms with Crippen molar-refractivity contribution < 1.29 is 31.9 Å². The van der Waals surface area contributed by atoms with Gasteiger partial charge in [-0.1, -0.05) is 40.0 Å². The number of rotatable bonds is 6. The van der Waals surface area contributed by atoms with E-state index in [4.69, 9.17) is 6.42 Å². The predicted molar refractivity (Wildman–Crippen MR) is 58.2 cm³/mol. The Morgan fingerprint density at radius 2 is 1.21 bits per heavy atom. The minimum absolute atomic E-state index is 0. The minimum atomic E-state index is -1.35. The summed E-state index contributed by atoms with van der Waals surface area (Å²) in [5.41, 5.74) is 2.91. The summed E-state index contributed by atoms with van der Waals surface area (Å²) < 4.78 is 0. The molecule has 0 aromatic rings. The van der Waals surface area contributed by atoms with Gasteiger partial charge in [-0.15, -0.1) is 5.54 Å². The Kier molecular flexibility index (Phi) is 16.9. The molecule has 0 aliphatic heterocycles. The van der Waals surface area contributed by atoms with Crippen LogP contribution in [-0.2, 0) is 19.5 Å². The molecule has 0 nitrogen and oxygen atoms in total. The molecule has 0 amide bonds. The molecule has 0 saturated carbocycles. The molecule has 0 spiro atoms. The van der Waals surface area contributed by atoms with Gasteiger partial charge in [-0.2, -0.15) is 0 Å². The third-order valence-electron chi connectivity index (χ3n) is 2.45. The smallest absolute Gasteiger partial charge is 0.139 e. The van der Waals surface area contributed by atoms with E-state index in [0.29, 0.717) is 0 Å². The van der Waals surface area contributed by atoms with Gasteiger partial charge in [-0.25, -0.2) is 0 Å². The zero-order valence-electron chi connectivity index (χ0n) is 9.83. The molecule has 0 N–H and O–H groups in total. The van der Waals surface area contributed by atoms with Crippen molar-refractivity contribution in [3.8, 4) is 5.54 Å². The van der Waals surface area contributed by atoms with Crippen LogP contribution in [0.15, 0.2) is 0 Å². The van der Waals surface area contributed by atoms with E-state index in [1.807, 2.05) is 0 Å². The van der Waals surface area contributed by atoms with Crippen LogP contribution in [0.25, 0.3) is 0 Å². The zero-order chi connectivity index (χ0) is 9.45. The average molecular weight is 282 g/mol. The van der Waals surface area contributed by atoms with E-state index in [0.717, 1.165) is 0 Å². The van der Waals surface area contributed by atoms with E-state index in [1.165, 1.54) is 37.4 Å². The van der Waals surface area contributed by atoms with Crippen molar-refractivity contribution >= 4 is 8.07 Å². The third kappa shape index (κ3) is 7.04. The SMILES string of the molecule is [C]#C[Si](CCC)(CCC)CCC.[Cl-].[Zn]. The van der Waals surface area contributed by atoms with Crippen LogP contribution in [0.3, 0.4) is 0 Å². The van der Waals surface area contributed by atoms with Gasteiger partial charge < -0.3 is 12.4 Å². The van der Waals surface area contributed by atoms with Crippen molar-refractivity contribution in [1.82, 2.24) is 0 Å². The van der Waals surface area contributed by atoms with Gasteiger partial charge in [0.05, 0.1) is 0 Å². The van der Waals surface area contributed by atoms with Crippen LogP contribution >= 0.6 is 0 Å². The van der Waals surface area contributed by atoms with E-state index in [2.05, 4.69) is 26.3 Å². The Balaban J connectivity index is -0.000000605. The van der Waals surface area contributed by atoms with Crippen LogP contribution in [0.5, 0.6) is 0 Å². The Morgan fingerprint density at radius 3 is 1.36 bits per heavy atom. The maximum absolute atomic E-state index is 7.43. The van der Waals surface area contributed by atoms with Gasteiger partial charge in [0.25, 0.3) is 0 Å². The summed E-state index contributed by atoms with van der Waals surface area (Å²) in [5, 5.41) is 0. The maximum atomic E-state index is 7.43. The van der Waals surface area contributed by atoms with Crippen LogP contribution in [-0.4, -0.2) is 8.07 Å². The molecule has 0 heterocycles. The third-order valence-corrected chi connectivity index (χ3v) is 7.35. The van der Waals surface area contributed by atoms with Gasteiger partial charge in [0, 0.05) is 19.5 Å². The molecule has 0 atom stereocenters. The molecular formula is C11H21ClSiZn-. The fourth-order valence-corrected chi connectivity index (χ4v) is 5.99. The van der Waals surface area contributed by atoms with E-state index >= 15 is 0 Å². The largest absolute Gasteiger partial charge is 1.00 e.